The lowest BCUT2D eigenvalue weighted by Crippen LogP contribution is -2.02. The second-order valence-corrected chi connectivity index (χ2v) is 9.34. The lowest BCUT2D eigenvalue weighted by atomic mass is 9.85. The van der Waals surface area contributed by atoms with Gasteiger partial charge in [0.25, 0.3) is 0 Å². The van der Waals surface area contributed by atoms with Crippen molar-refractivity contribution < 1.29 is 0 Å². The number of rotatable bonds is 10. The van der Waals surface area contributed by atoms with E-state index in [0.29, 0.717) is 5.92 Å². The molecule has 2 rings (SSSR count). The third-order valence-electron chi connectivity index (χ3n) is 5.59. The molecule has 0 saturated heterocycles. The molecule has 2 aromatic rings. The second-order valence-electron chi connectivity index (χ2n) is 8.12. The highest BCUT2D eigenvalue weighted by atomic mass is 32.2. The van der Waals surface area contributed by atoms with Gasteiger partial charge in [-0.1, -0.05) is 96.5 Å². The maximum atomic E-state index is 4.40. The number of hydrogen-bond donors (Lipinski definition) is 0. The van der Waals surface area contributed by atoms with E-state index in [1.165, 1.54) is 38.3 Å². The van der Waals surface area contributed by atoms with Crippen LogP contribution in [0.15, 0.2) is 88.9 Å². The average molecular weight is 405 g/mol. The minimum absolute atomic E-state index is 0.479. The molecular weight excluding hydrogens is 368 g/mol. The smallest absolute Gasteiger partial charge is 0.0228 e. The molecule has 0 heterocycles. The zero-order chi connectivity index (χ0) is 21.2. The third-order valence-corrected chi connectivity index (χ3v) is 6.64. The number of thioether (sulfide) groups is 1. The van der Waals surface area contributed by atoms with Crippen molar-refractivity contribution >= 4 is 11.8 Å². The molecule has 2 aromatic carbocycles. The van der Waals surface area contributed by atoms with Crippen LogP contribution in [0.1, 0.15) is 69.6 Å². The van der Waals surface area contributed by atoms with Crippen LogP contribution in [0.2, 0.25) is 0 Å². The molecular formula is C28H36S. The molecule has 0 N–H and O–H groups in total. The van der Waals surface area contributed by atoms with Gasteiger partial charge in [-0.3, -0.25) is 0 Å². The van der Waals surface area contributed by atoms with E-state index in [1.54, 1.807) is 0 Å². The molecule has 1 heteroatoms. The Balaban J connectivity index is 2.08. The Labute approximate surface area is 182 Å². The van der Waals surface area contributed by atoms with Gasteiger partial charge >= 0.3 is 0 Å². The van der Waals surface area contributed by atoms with Gasteiger partial charge in [-0.25, -0.2) is 0 Å². The summed E-state index contributed by atoms with van der Waals surface area (Å²) in [7, 11) is 0. The summed E-state index contributed by atoms with van der Waals surface area (Å²) >= 11 is 1.90. The molecule has 0 aliphatic rings. The molecule has 0 fully saturated rings. The molecule has 0 spiro atoms. The first-order valence-corrected chi connectivity index (χ1v) is 11.6. The Morgan fingerprint density at radius 3 is 2.21 bits per heavy atom. The van der Waals surface area contributed by atoms with Crippen LogP contribution in [0.4, 0.5) is 0 Å². The fraction of sp³-hybridized carbons (Fsp3) is 0.357. The summed E-state index contributed by atoms with van der Waals surface area (Å²) in [5.41, 5.74) is 8.35. The molecule has 154 valence electrons. The predicted molar refractivity (Wildman–Crippen MR) is 132 cm³/mol. The standard InChI is InChI=1S/C28H36S/c1-7-23(4)24(5)19-28(27-15-13-21(2)14-16-27)18-22(3)17-25(6)29-20-26-11-9-8-10-12-26/h8-17,28H,3,7,18-20H2,1-2,4-6H3/b24-23-,25-17-. The monoisotopic (exact) mass is 404 g/mol. The molecule has 0 nitrogen and oxygen atoms in total. The number of hydrogen-bond acceptors (Lipinski definition) is 1. The van der Waals surface area contributed by atoms with Crippen molar-refractivity contribution in [3.05, 3.63) is 106 Å². The van der Waals surface area contributed by atoms with Gasteiger partial charge in [-0.15, -0.1) is 11.8 Å². The van der Waals surface area contributed by atoms with Gasteiger partial charge in [-0.05, 0) is 68.9 Å². The molecule has 1 atom stereocenters. The van der Waals surface area contributed by atoms with Gasteiger partial charge in [0.15, 0.2) is 0 Å². The molecule has 29 heavy (non-hydrogen) atoms. The first-order chi connectivity index (χ1) is 13.9. The normalized spacial score (nSPS) is 13.8. The summed E-state index contributed by atoms with van der Waals surface area (Å²) in [6, 6.07) is 19.7. The van der Waals surface area contributed by atoms with Gasteiger partial charge < -0.3 is 0 Å². The van der Waals surface area contributed by atoms with Crippen molar-refractivity contribution in [2.24, 2.45) is 0 Å². The first-order valence-electron chi connectivity index (χ1n) is 10.6. The molecule has 0 amide bonds. The van der Waals surface area contributed by atoms with Crippen LogP contribution < -0.4 is 0 Å². The van der Waals surface area contributed by atoms with Crippen LogP contribution in [0.5, 0.6) is 0 Å². The van der Waals surface area contributed by atoms with Crippen LogP contribution in [0.25, 0.3) is 0 Å². The Hall–Kier alpha value is -1.99. The highest BCUT2D eigenvalue weighted by Gasteiger charge is 2.14. The highest BCUT2D eigenvalue weighted by Crippen LogP contribution is 2.33. The topological polar surface area (TPSA) is 0 Å². The van der Waals surface area contributed by atoms with Crippen LogP contribution in [-0.2, 0) is 5.75 Å². The number of aryl methyl sites for hydroxylation is 1. The van der Waals surface area contributed by atoms with Crippen molar-refractivity contribution in [2.45, 2.75) is 65.6 Å². The minimum atomic E-state index is 0.479. The zero-order valence-corrected chi connectivity index (χ0v) is 19.6. The van der Waals surface area contributed by atoms with Gasteiger partial charge in [0.05, 0.1) is 0 Å². The predicted octanol–water partition coefficient (Wildman–Crippen LogP) is 9.00. The van der Waals surface area contributed by atoms with E-state index in [1.807, 2.05) is 11.8 Å². The number of allylic oxidation sites excluding steroid dienone is 5. The second kappa shape index (κ2) is 11.9. The fourth-order valence-electron chi connectivity index (χ4n) is 3.47. The van der Waals surface area contributed by atoms with Crippen molar-refractivity contribution in [3.63, 3.8) is 0 Å². The Kier molecular flexibility index (Phi) is 9.54. The summed E-state index contributed by atoms with van der Waals surface area (Å²) in [6.45, 7) is 15.6. The van der Waals surface area contributed by atoms with Crippen LogP contribution in [-0.4, -0.2) is 0 Å². The van der Waals surface area contributed by atoms with Crippen molar-refractivity contribution in [1.29, 1.82) is 0 Å². The largest absolute Gasteiger partial charge is 0.126 e. The van der Waals surface area contributed by atoms with E-state index >= 15 is 0 Å². The van der Waals surface area contributed by atoms with Crippen molar-refractivity contribution in [3.8, 4) is 0 Å². The molecule has 0 saturated carbocycles. The summed E-state index contributed by atoms with van der Waals surface area (Å²) in [5, 5.41) is 0. The molecule has 0 aliphatic carbocycles. The quantitative estimate of drug-likeness (QED) is 0.281. The molecule has 1 unspecified atom stereocenters. The first kappa shape index (κ1) is 23.3. The van der Waals surface area contributed by atoms with E-state index in [4.69, 9.17) is 0 Å². The van der Waals surface area contributed by atoms with Gasteiger partial charge in [0.2, 0.25) is 0 Å². The van der Waals surface area contributed by atoms with E-state index in [-0.39, 0.29) is 0 Å². The molecule has 0 radical (unpaired) electrons. The molecule has 0 bridgehead atoms. The van der Waals surface area contributed by atoms with Gasteiger partial charge in [-0.2, -0.15) is 0 Å². The van der Waals surface area contributed by atoms with Crippen molar-refractivity contribution in [2.75, 3.05) is 0 Å². The lowest BCUT2D eigenvalue weighted by molar-refractivity contribution is 0.671. The Morgan fingerprint density at radius 1 is 0.931 bits per heavy atom. The average Bonchev–Trinajstić information content (AvgIpc) is 2.72. The minimum Gasteiger partial charge on any atom is -0.126 e. The maximum absolute atomic E-state index is 4.40. The SMILES string of the molecule is C=C(/C=C(/C)SCc1ccccc1)CC(C/C(C)=C(/C)CC)c1ccc(C)cc1. The van der Waals surface area contributed by atoms with Crippen LogP contribution in [0.3, 0.4) is 0 Å². The summed E-state index contributed by atoms with van der Waals surface area (Å²) in [5.74, 6) is 1.49. The zero-order valence-electron chi connectivity index (χ0n) is 18.8. The Bertz CT molecular complexity index is 838. The van der Waals surface area contributed by atoms with Crippen LogP contribution >= 0.6 is 11.8 Å². The van der Waals surface area contributed by atoms with Crippen molar-refractivity contribution in [1.82, 2.24) is 0 Å². The van der Waals surface area contributed by atoms with Gasteiger partial charge in [0.1, 0.15) is 0 Å². The fourth-order valence-corrected chi connectivity index (χ4v) is 4.30. The number of benzene rings is 2. The summed E-state index contributed by atoms with van der Waals surface area (Å²) in [4.78, 5) is 1.33. The summed E-state index contributed by atoms with van der Waals surface area (Å²) < 4.78 is 0. The maximum Gasteiger partial charge on any atom is 0.0228 e. The van der Waals surface area contributed by atoms with Crippen LogP contribution in [0, 0.1) is 6.92 Å². The van der Waals surface area contributed by atoms with E-state index in [9.17, 15) is 0 Å². The summed E-state index contributed by atoms with van der Waals surface area (Å²) in [6.07, 6.45) is 5.51. The van der Waals surface area contributed by atoms with Gasteiger partial charge in [0, 0.05) is 5.75 Å². The third kappa shape index (κ3) is 8.11. The van der Waals surface area contributed by atoms with E-state index in [0.717, 1.165) is 25.0 Å². The molecule has 0 aromatic heterocycles. The van der Waals surface area contributed by atoms with E-state index < -0.39 is 0 Å². The lowest BCUT2D eigenvalue weighted by Gasteiger charge is -2.20. The Morgan fingerprint density at radius 2 is 1.59 bits per heavy atom. The highest BCUT2D eigenvalue weighted by molar-refractivity contribution is 8.02. The van der Waals surface area contributed by atoms with E-state index in [2.05, 4.69) is 102 Å². The molecule has 0 aliphatic heterocycles.